The van der Waals surface area contributed by atoms with E-state index in [1.54, 1.807) is 10.8 Å². The highest BCUT2D eigenvalue weighted by Crippen LogP contribution is 2.09. The van der Waals surface area contributed by atoms with E-state index in [0.29, 0.717) is 6.54 Å². The van der Waals surface area contributed by atoms with Gasteiger partial charge in [0.1, 0.15) is 0 Å². The Morgan fingerprint density at radius 2 is 1.53 bits per heavy atom. The van der Waals surface area contributed by atoms with Gasteiger partial charge in [-0.05, 0) is 6.42 Å². The van der Waals surface area contributed by atoms with Crippen molar-refractivity contribution in [1.82, 2.24) is 9.55 Å². The predicted octanol–water partition coefficient (Wildman–Crippen LogP) is 3.07. The third kappa shape index (κ3) is 6.99. The van der Waals surface area contributed by atoms with E-state index in [-0.39, 0.29) is 11.2 Å². The van der Waals surface area contributed by atoms with Gasteiger partial charge in [-0.2, -0.15) is 0 Å². The quantitative estimate of drug-likeness (QED) is 0.662. The summed E-state index contributed by atoms with van der Waals surface area (Å²) < 4.78 is 1.57. The summed E-state index contributed by atoms with van der Waals surface area (Å²) in [5.74, 6) is 0. The van der Waals surface area contributed by atoms with E-state index in [0.717, 1.165) is 12.8 Å². The molecule has 1 aromatic rings. The van der Waals surface area contributed by atoms with Crippen molar-refractivity contribution in [2.24, 2.45) is 0 Å². The summed E-state index contributed by atoms with van der Waals surface area (Å²) in [6.07, 6.45) is 13.0. The maximum Gasteiger partial charge on any atom is 0.328 e. The summed E-state index contributed by atoms with van der Waals surface area (Å²) in [5, 5.41) is 0. The van der Waals surface area contributed by atoms with Crippen molar-refractivity contribution in [2.45, 2.75) is 71.3 Å². The Morgan fingerprint density at radius 1 is 0.947 bits per heavy atom. The van der Waals surface area contributed by atoms with Gasteiger partial charge >= 0.3 is 5.69 Å². The monoisotopic (exact) mass is 266 g/mol. The maximum absolute atomic E-state index is 11.4. The predicted molar refractivity (Wildman–Crippen MR) is 78.5 cm³/mol. The molecule has 1 N–H and O–H groups in total. The number of aromatic nitrogens is 2. The number of hydrogen-bond acceptors (Lipinski definition) is 2. The van der Waals surface area contributed by atoms with Gasteiger partial charge < -0.3 is 4.57 Å². The molecule has 0 radical (unpaired) electrons. The Morgan fingerprint density at radius 3 is 2.11 bits per heavy atom. The van der Waals surface area contributed by atoms with Gasteiger partial charge in [0, 0.05) is 18.8 Å². The van der Waals surface area contributed by atoms with Crippen LogP contribution in [0.2, 0.25) is 0 Å². The molecule has 0 atom stereocenters. The minimum absolute atomic E-state index is 0.299. The molecule has 1 rings (SSSR count). The lowest BCUT2D eigenvalue weighted by Crippen LogP contribution is -2.28. The first-order chi connectivity index (χ1) is 9.24. The number of H-pyrrole nitrogens is 1. The maximum atomic E-state index is 11.4. The zero-order valence-corrected chi connectivity index (χ0v) is 12.0. The molecule has 0 saturated heterocycles. The minimum Gasteiger partial charge on any atom is -0.301 e. The number of hydrogen-bond donors (Lipinski definition) is 1. The van der Waals surface area contributed by atoms with E-state index in [2.05, 4.69) is 11.9 Å². The fourth-order valence-corrected chi connectivity index (χ4v) is 2.21. The Labute approximate surface area is 114 Å². The first-order valence-electron chi connectivity index (χ1n) is 7.54. The highest BCUT2D eigenvalue weighted by molar-refractivity contribution is 4.82. The summed E-state index contributed by atoms with van der Waals surface area (Å²) in [4.78, 5) is 24.6. The van der Waals surface area contributed by atoms with Gasteiger partial charge in [0.25, 0.3) is 5.56 Å². The summed E-state index contributed by atoms with van der Waals surface area (Å²) in [6.45, 7) is 2.93. The molecule has 0 saturated carbocycles. The van der Waals surface area contributed by atoms with Crippen LogP contribution in [0, 0.1) is 0 Å². The van der Waals surface area contributed by atoms with Crippen molar-refractivity contribution in [1.29, 1.82) is 0 Å². The van der Waals surface area contributed by atoms with Gasteiger partial charge in [-0.3, -0.25) is 9.78 Å². The molecule has 108 valence electrons. The molecule has 0 aliphatic rings. The molecule has 0 fully saturated rings. The molecule has 0 aliphatic heterocycles. The number of unbranched alkanes of at least 4 members (excludes halogenated alkanes) is 8. The molecule has 0 amide bonds. The van der Waals surface area contributed by atoms with Crippen LogP contribution in [0.5, 0.6) is 0 Å². The molecule has 1 aromatic heterocycles. The number of aryl methyl sites for hydroxylation is 1. The topological polar surface area (TPSA) is 54.9 Å². The average molecular weight is 266 g/mol. The van der Waals surface area contributed by atoms with Crippen LogP contribution in [0.25, 0.3) is 0 Å². The van der Waals surface area contributed by atoms with Gasteiger partial charge in [-0.25, -0.2) is 4.79 Å². The van der Waals surface area contributed by atoms with E-state index in [4.69, 9.17) is 0 Å². The number of nitrogens with zero attached hydrogens (tertiary/aromatic N) is 1. The molecule has 0 aromatic carbocycles. The van der Waals surface area contributed by atoms with Crippen LogP contribution in [-0.4, -0.2) is 9.55 Å². The zero-order chi connectivity index (χ0) is 13.9. The van der Waals surface area contributed by atoms with Gasteiger partial charge in [0.05, 0.1) is 0 Å². The first kappa shape index (κ1) is 15.7. The van der Waals surface area contributed by atoms with Crippen molar-refractivity contribution < 1.29 is 0 Å². The fraction of sp³-hybridized carbons (Fsp3) is 0.733. The smallest absolute Gasteiger partial charge is 0.301 e. The number of aromatic amines is 1. The highest BCUT2D eigenvalue weighted by atomic mass is 16.2. The largest absolute Gasteiger partial charge is 0.328 e. The second kappa shape index (κ2) is 9.59. The van der Waals surface area contributed by atoms with Gasteiger partial charge in [0.2, 0.25) is 0 Å². The van der Waals surface area contributed by atoms with Gasteiger partial charge in [-0.15, -0.1) is 0 Å². The molecule has 1 heterocycles. The fourth-order valence-electron chi connectivity index (χ4n) is 2.21. The molecule has 0 aliphatic carbocycles. The normalized spacial score (nSPS) is 10.8. The first-order valence-corrected chi connectivity index (χ1v) is 7.54. The second-order valence-electron chi connectivity index (χ2n) is 5.13. The van der Waals surface area contributed by atoms with Crippen molar-refractivity contribution in [3.05, 3.63) is 33.1 Å². The Hall–Kier alpha value is -1.32. The number of rotatable bonds is 10. The standard InChI is InChI=1S/C15H26N2O2/c1-2-3-4-5-6-7-8-9-10-12-17-13-11-14(18)16-15(17)19/h11,13H,2-10,12H2,1H3,(H,16,18,19). The van der Waals surface area contributed by atoms with Gasteiger partial charge in [-0.1, -0.05) is 58.3 Å². The molecular weight excluding hydrogens is 240 g/mol. The van der Waals surface area contributed by atoms with Crippen LogP contribution in [0.4, 0.5) is 0 Å². The van der Waals surface area contributed by atoms with E-state index in [1.165, 1.54) is 51.0 Å². The van der Waals surface area contributed by atoms with Crippen LogP contribution in [-0.2, 0) is 6.54 Å². The third-order valence-electron chi connectivity index (χ3n) is 3.40. The van der Waals surface area contributed by atoms with Gasteiger partial charge in [0.15, 0.2) is 0 Å². The van der Waals surface area contributed by atoms with Crippen molar-refractivity contribution in [3.8, 4) is 0 Å². The molecule has 0 bridgehead atoms. The lowest BCUT2D eigenvalue weighted by atomic mass is 10.1. The molecule has 4 nitrogen and oxygen atoms in total. The average Bonchev–Trinajstić information content (AvgIpc) is 2.39. The van der Waals surface area contributed by atoms with Crippen LogP contribution < -0.4 is 11.2 Å². The molecule has 0 spiro atoms. The summed E-state index contributed by atoms with van der Waals surface area (Å²) in [5.41, 5.74) is -0.625. The molecule has 19 heavy (non-hydrogen) atoms. The Kier molecular flexibility index (Phi) is 7.94. The Bertz CT molecular complexity index is 448. The lowest BCUT2D eigenvalue weighted by Gasteiger charge is -2.04. The summed E-state index contributed by atoms with van der Waals surface area (Å²) in [7, 11) is 0. The van der Waals surface area contributed by atoms with E-state index in [1.807, 2.05) is 0 Å². The molecule has 4 heteroatoms. The van der Waals surface area contributed by atoms with Crippen LogP contribution in [0.1, 0.15) is 64.7 Å². The SMILES string of the molecule is CCCCCCCCCCCn1ccc(=O)[nH]c1=O. The van der Waals surface area contributed by atoms with E-state index in [9.17, 15) is 9.59 Å². The Balaban J connectivity index is 2.05. The van der Waals surface area contributed by atoms with Crippen molar-refractivity contribution in [3.63, 3.8) is 0 Å². The minimum atomic E-state index is -0.326. The van der Waals surface area contributed by atoms with Crippen molar-refractivity contribution >= 4 is 0 Å². The zero-order valence-electron chi connectivity index (χ0n) is 12.0. The number of nitrogens with one attached hydrogen (secondary N) is 1. The van der Waals surface area contributed by atoms with Crippen LogP contribution >= 0.6 is 0 Å². The third-order valence-corrected chi connectivity index (χ3v) is 3.40. The van der Waals surface area contributed by atoms with Crippen LogP contribution in [0.15, 0.2) is 21.9 Å². The second-order valence-corrected chi connectivity index (χ2v) is 5.13. The molecule has 0 unspecified atom stereocenters. The van der Waals surface area contributed by atoms with E-state index < -0.39 is 0 Å². The van der Waals surface area contributed by atoms with Crippen molar-refractivity contribution in [2.75, 3.05) is 0 Å². The molecular formula is C15H26N2O2. The van der Waals surface area contributed by atoms with E-state index >= 15 is 0 Å². The highest BCUT2D eigenvalue weighted by Gasteiger charge is 1.96. The summed E-state index contributed by atoms with van der Waals surface area (Å²) >= 11 is 0. The van der Waals surface area contributed by atoms with Crippen LogP contribution in [0.3, 0.4) is 0 Å². The lowest BCUT2D eigenvalue weighted by molar-refractivity contribution is 0.528. The summed E-state index contributed by atoms with van der Waals surface area (Å²) in [6, 6.07) is 1.40.